The topological polar surface area (TPSA) is 60.2 Å². The highest BCUT2D eigenvalue weighted by Crippen LogP contribution is 2.21. The quantitative estimate of drug-likeness (QED) is 0.305. The van der Waals surface area contributed by atoms with E-state index in [0.717, 1.165) is 0 Å². The number of aldehydes is 1. The summed E-state index contributed by atoms with van der Waals surface area (Å²) in [5.74, 6) is 1.34. The van der Waals surface area contributed by atoms with Crippen molar-refractivity contribution in [3.8, 4) is 11.8 Å². The largest absolute Gasteiger partial charge is 0.289 e. The van der Waals surface area contributed by atoms with Gasteiger partial charge in [0.2, 0.25) is 0 Å². The molecule has 4 nitrogen and oxygen atoms in total. The number of nitro benzene ring substituents is 1. The molecule has 0 radical (unpaired) electrons. The first kappa shape index (κ1) is 10.8. The van der Waals surface area contributed by atoms with Gasteiger partial charge in [0.25, 0.3) is 5.69 Å². The molecule has 0 atom stereocenters. The lowest BCUT2D eigenvalue weighted by Gasteiger charge is -1.96. The molecule has 0 amide bonds. The summed E-state index contributed by atoms with van der Waals surface area (Å²) in [6.45, 7) is 0. The van der Waals surface area contributed by atoms with Crippen LogP contribution >= 0.6 is 0 Å². The van der Waals surface area contributed by atoms with Crippen molar-refractivity contribution < 1.29 is 18.5 Å². The Morgan fingerprint density at radius 1 is 1.33 bits per heavy atom. The predicted molar refractivity (Wildman–Crippen MR) is 46.0 cm³/mol. The highest BCUT2D eigenvalue weighted by Gasteiger charge is 2.16. The molecule has 0 saturated carbocycles. The van der Waals surface area contributed by atoms with E-state index in [1.807, 2.05) is 11.8 Å². The van der Waals surface area contributed by atoms with Crippen molar-refractivity contribution in [1.82, 2.24) is 0 Å². The molecule has 76 valence electrons. The monoisotopic (exact) mass is 211 g/mol. The third-order valence-corrected chi connectivity index (χ3v) is 1.50. The molecule has 0 heterocycles. The molecule has 0 N–H and O–H groups in total. The van der Waals surface area contributed by atoms with E-state index >= 15 is 0 Å². The number of nitrogens with zero attached hydrogens (tertiary/aromatic N) is 1. The molecule has 0 aromatic heterocycles. The molecule has 0 aliphatic heterocycles. The van der Waals surface area contributed by atoms with E-state index in [9.17, 15) is 23.7 Å². The van der Waals surface area contributed by atoms with Crippen LogP contribution in [0.1, 0.15) is 5.56 Å². The van der Waals surface area contributed by atoms with E-state index < -0.39 is 22.2 Å². The van der Waals surface area contributed by atoms with Gasteiger partial charge in [-0.15, -0.1) is 0 Å². The number of hydrogen-bond acceptors (Lipinski definition) is 3. The Morgan fingerprint density at radius 2 is 1.93 bits per heavy atom. The minimum absolute atomic E-state index is 0.199. The van der Waals surface area contributed by atoms with Crippen LogP contribution in [-0.4, -0.2) is 11.2 Å². The average Bonchev–Trinajstić information content (AvgIpc) is 2.19. The zero-order chi connectivity index (χ0) is 11.4. The van der Waals surface area contributed by atoms with E-state index in [2.05, 4.69) is 0 Å². The van der Waals surface area contributed by atoms with E-state index in [-0.39, 0.29) is 11.8 Å². The summed E-state index contributed by atoms with van der Waals surface area (Å²) >= 11 is 0. The molecule has 1 aromatic carbocycles. The molecule has 0 spiro atoms. The second-order valence-electron chi connectivity index (χ2n) is 2.43. The fourth-order valence-corrected chi connectivity index (χ4v) is 0.895. The molecule has 1 rings (SSSR count). The smallest absolute Gasteiger partial charge is 0.288 e. The summed E-state index contributed by atoms with van der Waals surface area (Å²) in [4.78, 5) is 19.4. The van der Waals surface area contributed by atoms with E-state index in [4.69, 9.17) is 0 Å². The fourth-order valence-electron chi connectivity index (χ4n) is 0.895. The number of nitro groups is 1. The van der Waals surface area contributed by atoms with Gasteiger partial charge in [0, 0.05) is 0 Å². The molecule has 0 unspecified atom stereocenters. The van der Waals surface area contributed by atoms with Crippen LogP contribution in [0.5, 0.6) is 0 Å². The van der Waals surface area contributed by atoms with Crippen molar-refractivity contribution in [2.75, 3.05) is 0 Å². The minimum atomic E-state index is -1.33. The Hall–Kier alpha value is -2.29. The van der Waals surface area contributed by atoms with Crippen molar-refractivity contribution in [2.24, 2.45) is 0 Å². The number of carbonyl (C=O) groups excluding carboxylic acids is 1. The molecule has 0 aliphatic rings. The molecule has 6 heteroatoms. The average molecular weight is 211 g/mol. The number of rotatable bonds is 1. The van der Waals surface area contributed by atoms with Crippen LogP contribution in [0.3, 0.4) is 0 Å². The van der Waals surface area contributed by atoms with Gasteiger partial charge in [0.15, 0.2) is 17.9 Å². The highest BCUT2D eigenvalue weighted by atomic mass is 19.2. The van der Waals surface area contributed by atoms with E-state index in [1.54, 1.807) is 0 Å². The Kier molecular flexibility index (Phi) is 3.08. The first-order valence-corrected chi connectivity index (χ1v) is 3.65. The van der Waals surface area contributed by atoms with Crippen LogP contribution in [0.2, 0.25) is 0 Å². The first-order chi connectivity index (χ1) is 7.06. The number of benzene rings is 1. The Bertz CT molecular complexity index is 488. The molecular formula is C9H3F2NO3. The van der Waals surface area contributed by atoms with Gasteiger partial charge in [-0.2, -0.15) is 0 Å². The summed E-state index contributed by atoms with van der Waals surface area (Å²) in [5.41, 5.74) is -1.02. The van der Waals surface area contributed by atoms with Crippen molar-refractivity contribution >= 4 is 12.0 Å². The zero-order valence-corrected chi connectivity index (χ0v) is 7.16. The maximum atomic E-state index is 12.7. The van der Waals surface area contributed by atoms with Gasteiger partial charge in [0.05, 0.1) is 11.0 Å². The van der Waals surface area contributed by atoms with Gasteiger partial charge in [-0.05, 0) is 12.0 Å². The lowest BCUT2D eigenvalue weighted by molar-refractivity contribution is -0.385. The second kappa shape index (κ2) is 4.28. The van der Waals surface area contributed by atoms with E-state index in [0.29, 0.717) is 12.1 Å². The normalized spacial score (nSPS) is 8.93. The Balaban J connectivity index is 3.41. The summed E-state index contributed by atoms with van der Waals surface area (Å²) in [6.07, 6.45) is 0.199. The molecule has 1 aromatic rings. The van der Waals surface area contributed by atoms with Gasteiger partial charge < -0.3 is 0 Å². The maximum Gasteiger partial charge on any atom is 0.288 e. The summed E-state index contributed by atoms with van der Waals surface area (Å²) in [7, 11) is 0. The molecule has 0 fully saturated rings. The van der Waals surface area contributed by atoms with Crippen LogP contribution in [0.25, 0.3) is 0 Å². The fraction of sp³-hybridized carbons (Fsp3) is 0. The zero-order valence-electron chi connectivity index (χ0n) is 7.16. The molecule has 0 bridgehead atoms. The Labute approximate surface area is 82.7 Å². The first-order valence-electron chi connectivity index (χ1n) is 3.65. The van der Waals surface area contributed by atoms with Crippen LogP contribution in [0.15, 0.2) is 12.1 Å². The number of carbonyl (C=O) groups is 1. The predicted octanol–water partition coefficient (Wildman–Crippen LogP) is 1.42. The summed E-state index contributed by atoms with van der Waals surface area (Å²) in [6, 6.07) is 0.994. The number of halogens is 2. The number of hydrogen-bond donors (Lipinski definition) is 0. The summed E-state index contributed by atoms with van der Waals surface area (Å²) < 4.78 is 25.3. The second-order valence-corrected chi connectivity index (χ2v) is 2.43. The third-order valence-electron chi connectivity index (χ3n) is 1.50. The van der Waals surface area contributed by atoms with Gasteiger partial charge in [-0.3, -0.25) is 14.9 Å². The summed E-state index contributed by atoms with van der Waals surface area (Å²) in [5, 5.41) is 10.4. The molecule has 0 saturated heterocycles. The standard InChI is InChI=1S/C9H3F2NO3/c10-7-4-6(2-1-3-13)9(12(14)15)5-8(7)11/h3-5H. The SMILES string of the molecule is O=CC#Cc1cc(F)c(F)cc1[N+](=O)[O-]. The van der Waals surface area contributed by atoms with Crippen LogP contribution in [0, 0.1) is 33.6 Å². The van der Waals surface area contributed by atoms with Crippen molar-refractivity contribution in [3.63, 3.8) is 0 Å². The van der Waals surface area contributed by atoms with Crippen molar-refractivity contribution in [2.45, 2.75) is 0 Å². The Morgan fingerprint density at radius 3 is 2.47 bits per heavy atom. The molecule has 0 aliphatic carbocycles. The van der Waals surface area contributed by atoms with Crippen LogP contribution in [-0.2, 0) is 4.79 Å². The molecule has 15 heavy (non-hydrogen) atoms. The molecular weight excluding hydrogens is 208 g/mol. The van der Waals surface area contributed by atoms with Crippen LogP contribution < -0.4 is 0 Å². The van der Waals surface area contributed by atoms with Gasteiger partial charge in [-0.25, -0.2) is 8.78 Å². The van der Waals surface area contributed by atoms with Gasteiger partial charge in [-0.1, -0.05) is 5.92 Å². The van der Waals surface area contributed by atoms with Crippen LogP contribution in [0.4, 0.5) is 14.5 Å². The third kappa shape index (κ3) is 2.34. The van der Waals surface area contributed by atoms with E-state index in [1.165, 1.54) is 0 Å². The minimum Gasteiger partial charge on any atom is -0.289 e. The van der Waals surface area contributed by atoms with Crippen molar-refractivity contribution in [3.05, 3.63) is 39.4 Å². The maximum absolute atomic E-state index is 12.7. The van der Waals surface area contributed by atoms with Crippen molar-refractivity contribution in [1.29, 1.82) is 0 Å². The lowest BCUT2D eigenvalue weighted by atomic mass is 10.1. The van der Waals surface area contributed by atoms with Gasteiger partial charge in [0.1, 0.15) is 5.56 Å². The van der Waals surface area contributed by atoms with Gasteiger partial charge >= 0.3 is 0 Å². The highest BCUT2D eigenvalue weighted by molar-refractivity contribution is 5.74. The lowest BCUT2D eigenvalue weighted by Crippen LogP contribution is -1.96.